The SMILES string of the molecule is NC(=O)CC1CCN(CC(O)COc2ccc3ccccc3c2-c2cccnc2)CC1.O=CO. The molecule has 180 valence electrons. The Morgan fingerprint density at radius 3 is 2.59 bits per heavy atom. The molecule has 3 aromatic rings. The van der Waals surface area contributed by atoms with Crippen molar-refractivity contribution in [3.8, 4) is 16.9 Å². The molecular weight excluding hydrogens is 434 g/mol. The minimum Gasteiger partial charge on any atom is -0.490 e. The Labute approximate surface area is 199 Å². The maximum atomic E-state index is 11.1. The summed E-state index contributed by atoms with van der Waals surface area (Å²) in [7, 11) is 0. The summed E-state index contributed by atoms with van der Waals surface area (Å²) in [5.74, 6) is 0.874. The highest BCUT2D eigenvalue weighted by Crippen LogP contribution is 2.36. The molecule has 2 heterocycles. The number of rotatable bonds is 8. The lowest BCUT2D eigenvalue weighted by Crippen LogP contribution is -2.41. The first-order valence-electron chi connectivity index (χ1n) is 11.3. The summed E-state index contributed by atoms with van der Waals surface area (Å²) in [6, 6.07) is 16.1. The maximum absolute atomic E-state index is 11.1. The van der Waals surface area contributed by atoms with E-state index in [-0.39, 0.29) is 19.0 Å². The average Bonchev–Trinajstić information content (AvgIpc) is 2.84. The van der Waals surface area contributed by atoms with Crippen LogP contribution in [0.4, 0.5) is 0 Å². The highest BCUT2D eigenvalue weighted by molar-refractivity contribution is 5.99. The van der Waals surface area contributed by atoms with Crippen LogP contribution in [0.3, 0.4) is 0 Å². The first-order valence-corrected chi connectivity index (χ1v) is 11.3. The molecule has 4 N–H and O–H groups in total. The van der Waals surface area contributed by atoms with Gasteiger partial charge in [-0.15, -0.1) is 0 Å². The summed E-state index contributed by atoms with van der Waals surface area (Å²) >= 11 is 0. The number of amides is 1. The summed E-state index contributed by atoms with van der Waals surface area (Å²) < 4.78 is 6.11. The fourth-order valence-electron chi connectivity index (χ4n) is 4.37. The molecule has 0 aliphatic carbocycles. The number of pyridine rings is 1. The summed E-state index contributed by atoms with van der Waals surface area (Å²) in [6.45, 7) is 2.25. The van der Waals surface area contributed by atoms with Crippen molar-refractivity contribution in [2.75, 3.05) is 26.2 Å². The van der Waals surface area contributed by atoms with Crippen molar-refractivity contribution in [2.24, 2.45) is 11.7 Å². The number of primary amides is 1. The number of ether oxygens (including phenoxy) is 1. The molecule has 1 unspecified atom stereocenters. The largest absolute Gasteiger partial charge is 0.490 e. The third-order valence-electron chi connectivity index (χ3n) is 5.94. The van der Waals surface area contributed by atoms with Gasteiger partial charge >= 0.3 is 0 Å². The number of likely N-dealkylation sites (tertiary alicyclic amines) is 1. The third kappa shape index (κ3) is 7.00. The quantitative estimate of drug-likeness (QED) is 0.437. The second-order valence-corrected chi connectivity index (χ2v) is 8.39. The smallest absolute Gasteiger partial charge is 0.290 e. The molecule has 2 aromatic carbocycles. The molecule has 0 bridgehead atoms. The van der Waals surface area contributed by atoms with Gasteiger partial charge in [0.25, 0.3) is 6.47 Å². The van der Waals surface area contributed by atoms with Crippen LogP contribution in [0, 0.1) is 5.92 Å². The molecule has 0 radical (unpaired) electrons. The van der Waals surface area contributed by atoms with E-state index in [0.717, 1.165) is 53.6 Å². The number of hydrogen-bond donors (Lipinski definition) is 3. The van der Waals surface area contributed by atoms with E-state index < -0.39 is 6.10 Å². The highest BCUT2D eigenvalue weighted by Gasteiger charge is 2.22. The van der Waals surface area contributed by atoms with Crippen LogP contribution in [-0.2, 0) is 9.59 Å². The van der Waals surface area contributed by atoms with Crippen LogP contribution < -0.4 is 10.5 Å². The van der Waals surface area contributed by atoms with E-state index in [4.69, 9.17) is 20.4 Å². The lowest BCUT2D eigenvalue weighted by atomic mass is 9.93. The van der Waals surface area contributed by atoms with Gasteiger partial charge in [0.2, 0.25) is 5.91 Å². The lowest BCUT2D eigenvalue weighted by molar-refractivity contribution is -0.123. The van der Waals surface area contributed by atoms with Crippen molar-refractivity contribution < 1.29 is 24.5 Å². The molecule has 4 rings (SSSR count). The second-order valence-electron chi connectivity index (χ2n) is 8.39. The minimum absolute atomic E-state index is 0.215. The first kappa shape index (κ1) is 25.1. The summed E-state index contributed by atoms with van der Waals surface area (Å²) in [5.41, 5.74) is 7.29. The fourth-order valence-corrected chi connectivity index (χ4v) is 4.37. The van der Waals surface area contributed by atoms with Crippen LogP contribution in [-0.4, -0.2) is 64.8 Å². The van der Waals surface area contributed by atoms with Gasteiger partial charge in [-0.25, -0.2) is 0 Å². The Hall–Kier alpha value is -3.49. The van der Waals surface area contributed by atoms with E-state index in [1.807, 2.05) is 42.6 Å². The Balaban J connectivity index is 0.00000103. The van der Waals surface area contributed by atoms with Crippen molar-refractivity contribution in [1.82, 2.24) is 9.88 Å². The summed E-state index contributed by atoms with van der Waals surface area (Å²) in [5, 5.41) is 19.7. The molecule has 1 fully saturated rings. The molecule has 1 aliphatic heterocycles. The molecule has 8 nitrogen and oxygen atoms in total. The van der Waals surface area contributed by atoms with Gasteiger partial charge in [0.15, 0.2) is 0 Å². The van der Waals surface area contributed by atoms with Gasteiger partial charge in [-0.05, 0) is 54.8 Å². The maximum Gasteiger partial charge on any atom is 0.290 e. The van der Waals surface area contributed by atoms with Gasteiger partial charge in [-0.2, -0.15) is 0 Å². The molecule has 0 saturated carbocycles. The van der Waals surface area contributed by atoms with Gasteiger partial charge in [-0.1, -0.05) is 36.4 Å². The molecule has 34 heavy (non-hydrogen) atoms. The zero-order chi connectivity index (χ0) is 24.3. The Morgan fingerprint density at radius 1 is 1.18 bits per heavy atom. The fraction of sp³-hybridized carbons (Fsp3) is 0.346. The van der Waals surface area contributed by atoms with E-state index in [9.17, 15) is 9.90 Å². The van der Waals surface area contributed by atoms with Gasteiger partial charge in [0, 0.05) is 36.5 Å². The van der Waals surface area contributed by atoms with Crippen molar-refractivity contribution in [1.29, 1.82) is 0 Å². The molecular formula is C26H31N3O5. The topological polar surface area (TPSA) is 126 Å². The van der Waals surface area contributed by atoms with Gasteiger partial charge in [-0.3, -0.25) is 14.6 Å². The molecule has 1 amide bonds. The molecule has 8 heteroatoms. The van der Waals surface area contributed by atoms with E-state index in [1.54, 1.807) is 6.20 Å². The van der Waals surface area contributed by atoms with E-state index in [1.165, 1.54) is 0 Å². The normalized spacial score (nSPS) is 15.2. The number of nitrogens with two attached hydrogens (primary N) is 1. The van der Waals surface area contributed by atoms with E-state index in [2.05, 4.69) is 22.0 Å². The van der Waals surface area contributed by atoms with Crippen LogP contribution in [0.25, 0.3) is 21.9 Å². The number of hydrogen-bond acceptors (Lipinski definition) is 6. The van der Waals surface area contributed by atoms with Crippen molar-refractivity contribution in [3.63, 3.8) is 0 Å². The van der Waals surface area contributed by atoms with Crippen LogP contribution in [0.15, 0.2) is 60.9 Å². The number of fused-ring (bicyclic) bond motifs is 1. The van der Waals surface area contributed by atoms with E-state index >= 15 is 0 Å². The minimum atomic E-state index is -0.596. The van der Waals surface area contributed by atoms with Crippen LogP contribution in [0.5, 0.6) is 5.75 Å². The Kier molecular flexibility index (Phi) is 9.37. The predicted molar refractivity (Wildman–Crippen MR) is 130 cm³/mol. The Morgan fingerprint density at radius 2 is 1.91 bits per heavy atom. The second kappa shape index (κ2) is 12.7. The number of nitrogens with zero attached hydrogens (tertiary/aromatic N) is 2. The number of carbonyl (C=O) groups excluding carboxylic acids is 1. The summed E-state index contributed by atoms with van der Waals surface area (Å²) in [6.07, 6.45) is 5.32. The molecule has 1 saturated heterocycles. The van der Waals surface area contributed by atoms with Gasteiger partial charge in [0.1, 0.15) is 18.5 Å². The average molecular weight is 466 g/mol. The molecule has 1 atom stereocenters. The number of aliphatic hydroxyl groups excluding tert-OH is 1. The third-order valence-corrected chi connectivity index (χ3v) is 5.94. The van der Waals surface area contributed by atoms with Crippen LogP contribution in [0.1, 0.15) is 19.3 Å². The first-order chi connectivity index (χ1) is 16.5. The molecule has 1 aromatic heterocycles. The zero-order valence-corrected chi connectivity index (χ0v) is 19.0. The number of carboxylic acid groups (broad SMARTS) is 1. The number of β-amino-alcohol motifs (C(OH)–C–C–N with tert-alkyl or cyclic N) is 1. The summed E-state index contributed by atoms with van der Waals surface area (Å²) in [4.78, 5) is 26.0. The van der Waals surface area contributed by atoms with Crippen LogP contribution in [0.2, 0.25) is 0 Å². The van der Waals surface area contributed by atoms with Crippen molar-refractivity contribution >= 4 is 23.2 Å². The predicted octanol–water partition coefficient (Wildman–Crippen LogP) is 2.93. The molecule has 1 aliphatic rings. The number of benzene rings is 2. The number of aliphatic hydroxyl groups is 1. The van der Waals surface area contributed by atoms with Gasteiger partial charge < -0.3 is 25.6 Å². The standard InChI is InChI=1S/C25H29N3O3.CH2O2/c26-24(30)14-18-9-12-28(13-10-18)16-21(29)17-31-23-8-7-19-4-1-2-6-22(19)25(23)20-5-3-11-27-15-20;2-1-3/h1-8,11,15,18,21,29H,9-10,12-14,16-17H2,(H2,26,30);1H,(H,2,3). The molecule has 0 spiro atoms. The van der Waals surface area contributed by atoms with Crippen LogP contribution >= 0.6 is 0 Å². The van der Waals surface area contributed by atoms with Crippen molar-refractivity contribution in [2.45, 2.75) is 25.4 Å². The zero-order valence-electron chi connectivity index (χ0n) is 19.0. The lowest BCUT2D eigenvalue weighted by Gasteiger charge is -2.32. The monoisotopic (exact) mass is 465 g/mol. The number of aromatic nitrogens is 1. The number of carbonyl (C=O) groups is 2. The highest BCUT2D eigenvalue weighted by atomic mass is 16.5. The van der Waals surface area contributed by atoms with Crippen molar-refractivity contribution in [3.05, 3.63) is 60.9 Å². The Bertz CT molecular complexity index is 1070. The van der Waals surface area contributed by atoms with E-state index in [0.29, 0.717) is 18.9 Å². The number of piperidine rings is 1. The van der Waals surface area contributed by atoms with Gasteiger partial charge in [0.05, 0.1) is 0 Å².